The van der Waals surface area contributed by atoms with Gasteiger partial charge in [0.25, 0.3) is 0 Å². The summed E-state index contributed by atoms with van der Waals surface area (Å²) < 4.78 is 6.40. The van der Waals surface area contributed by atoms with Crippen molar-refractivity contribution in [1.82, 2.24) is 0 Å². The molecule has 0 radical (unpaired) electrons. The van der Waals surface area contributed by atoms with Crippen LogP contribution in [0.5, 0.6) is 23.0 Å². The molecule has 0 aliphatic heterocycles. The Bertz CT molecular complexity index is 858. The molecule has 0 amide bonds. The third-order valence-corrected chi connectivity index (χ3v) is 5.30. The van der Waals surface area contributed by atoms with Crippen LogP contribution < -0.4 is 5.46 Å². The quantitative estimate of drug-likeness (QED) is 0.334. The maximum Gasteiger partial charge on any atom is 0.169 e. The first-order valence-corrected chi connectivity index (χ1v) is 7.52. The fourth-order valence-corrected chi connectivity index (χ4v) is 3.38. The Hall–Kier alpha value is -1.54. The smallest absolute Gasteiger partial charge is 0.169 e. The van der Waals surface area contributed by atoms with Crippen LogP contribution >= 0.6 is 31.9 Å². The second-order valence-electron chi connectivity index (χ2n) is 4.78. The highest BCUT2D eigenvalue weighted by molar-refractivity contribution is 9.11. The lowest BCUT2D eigenvalue weighted by Crippen LogP contribution is -2.04. The van der Waals surface area contributed by atoms with Crippen molar-refractivity contribution in [1.29, 1.82) is 0 Å². The zero-order valence-electron chi connectivity index (χ0n) is 11.0. The second-order valence-corrected chi connectivity index (χ2v) is 6.37. The van der Waals surface area contributed by atoms with Gasteiger partial charge in [-0.1, -0.05) is 0 Å². The molecule has 1 heterocycles. The normalized spacial score (nSPS) is 11.6. The third-order valence-electron chi connectivity index (χ3n) is 3.61. The molecule has 0 aliphatic rings. The molecule has 0 bridgehead atoms. The lowest BCUT2D eigenvalue weighted by Gasteiger charge is -2.07. The van der Waals surface area contributed by atoms with Crippen LogP contribution in [-0.4, -0.2) is 28.3 Å². The van der Waals surface area contributed by atoms with Gasteiger partial charge in [0.15, 0.2) is 22.7 Å². The molecule has 1 aromatic heterocycles. The zero-order chi connectivity index (χ0) is 15.6. The molecular weight excluding hydrogens is 407 g/mol. The van der Waals surface area contributed by atoms with E-state index in [-0.39, 0.29) is 54.9 Å². The summed E-state index contributed by atoms with van der Waals surface area (Å²) in [7, 11) is 1.54. The first-order valence-electron chi connectivity index (χ1n) is 5.93. The van der Waals surface area contributed by atoms with Gasteiger partial charge >= 0.3 is 0 Å². The fraction of sp³-hybridized carbons (Fsp3) is 0.0769. The lowest BCUT2D eigenvalue weighted by molar-refractivity contribution is 0.405. The van der Waals surface area contributed by atoms with E-state index in [4.69, 9.17) is 4.42 Å². The van der Waals surface area contributed by atoms with Crippen molar-refractivity contribution in [3.63, 3.8) is 0 Å². The van der Waals surface area contributed by atoms with Gasteiger partial charge in [-0.25, -0.2) is 0 Å². The molecule has 4 N–H and O–H groups in total. The Morgan fingerprint density at radius 3 is 1.95 bits per heavy atom. The van der Waals surface area contributed by atoms with E-state index in [2.05, 4.69) is 31.9 Å². The monoisotopic (exact) mass is 414 g/mol. The number of hydrogen-bond donors (Lipinski definition) is 4. The summed E-state index contributed by atoms with van der Waals surface area (Å²) in [6, 6.07) is 0. The summed E-state index contributed by atoms with van der Waals surface area (Å²) in [5.41, 5.74) is 1.12. The van der Waals surface area contributed by atoms with Crippen LogP contribution in [0.4, 0.5) is 0 Å². The molecule has 8 heteroatoms. The van der Waals surface area contributed by atoms with E-state index in [1.54, 1.807) is 6.92 Å². The number of halogens is 2. The van der Waals surface area contributed by atoms with Crippen LogP contribution in [0.1, 0.15) is 5.56 Å². The standard InChI is InChI=1S/C13H9BBr2O5/c1-2-6(15)12-4(10(19)8(2)17)3-9(18)5(14)11(20)7(16)13(3)21-12/h17-20H,14H2,1H3. The van der Waals surface area contributed by atoms with Gasteiger partial charge in [0.05, 0.1) is 15.2 Å². The molecule has 3 rings (SSSR count). The van der Waals surface area contributed by atoms with Crippen molar-refractivity contribution in [2.75, 3.05) is 0 Å². The topological polar surface area (TPSA) is 94.1 Å². The lowest BCUT2D eigenvalue weighted by atomic mass is 9.91. The number of aromatic hydroxyl groups is 4. The van der Waals surface area contributed by atoms with Crippen LogP contribution in [0, 0.1) is 6.92 Å². The molecule has 0 saturated heterocycles. The Balaban J connectivity index is 2.73. The molecule has 2 aromatic carbocycles. The Morgan fingerprint density at radius 1 is 0.810 bits per heavy atom. The maximum absolute atomic E-state index is 10.3. The average molecular weight is 416 g/mol. The number of phenolic OH excluding ortho intramolecular Hbond substituents is 4. The molecule has 5 nitrogen and oxygen atoms in total. The highest BCUT2D eigenvalue weighted by Crippen LogP contribution is 2.50. The van der Waals surface area contributed by atoms with Crippen molar-refractivity contribution < 1.29 is 24.8 Å². The minimum atomic E-state index is -0.378. The van der Waals surface area contributed by atoms with Crippen molar-refractivity contribution in [3.05, 3.63) is 14.5 Å². The van der Waals surface area contributed by atoms with E-state index in [0.29, 0.717) is 10.0 Å². The number of furan rings is 1. The number of hydrogen-bond acceptors (Lipinski definition) is 5. The number of benzene rings is 2. The van der Waals surface area contributed by atoms with Crippen LogP contribution in [0.3, 0.4) is 0 Å². The number of phenols is 4. The molecule has 3 aromatic rings. The summed E-state index contributed by atoms with van der Waals surface area (Å²) in [6.07, 6.45) is 0. The largest absolute Gasteiger partial charge is 0.508 e. The van der Waals surface area contributed by atoms with E-state index in [1.165, 1.54) is 7.85 Å². The third kappa shape index (κ3) is 1.69. The van der Waals surface area contributed by atoms with Gasteiger partial charge in [-0.05, 0) is 44.2 Å². The van der Waals surface area contributed by atoms with Gasteiger partial charge in [0.2, 0.25) is 0 Å². The van der Waals surface area contributed by atoms with Crippen molar-refractivity contribution in [3.8, 4) is 23.0 Å². The Morgan fingerprint density at radius 2 is 1.33 bits per heavy atom. The van der Waals surface area contributed by atoms with Crippen LogP contribution in [0.2, 0.25) is 0 Å². The van der Waals surface area contributed by atoms with Crippen LogP contribution in [0.25, 0.3) is 21.9 Å². The number of rotatable bonds is 0. The molecule has 21 heavy (non-hydrogen) atoms. The Labute approximate surface area is 136 Å². The van der Waals surface area contributed by atoms with Gasteiger partial charge < -0.3 is 24.8 Å². The molecule has 0 spiro atoms. The summed E-state index contributed by atoms with van der Waals surface area (Å²) in [4.78, 5) is 0. The van der Waals surface area contributed by atoms with Gasteiger partial charge in [-0.15, -0.1) is 0 Å². The fourth-order valence-electron chi connectivity index (χ4n) is 2.33. The number of fused-ring (bicyclic) bond motifs is 3. The molecule has 0 atom stereocenters. The van der Waals surface area contributed by atoms with Crippen LogP contribution in [0.15, 0.2) is 13.4 Å². The second kappa shape index (κ2) is 4.48. The molecule has 0 unspecified atom stereocenters. The van der Waals surface area contributed by atoms with Crippen molar-refractivity contribution >= 4 is 67.1 Å². The van der Waals surface area contributed by atoms with Crippen LogP contribution in [-0.2, 0) is 0 Å². The highest BCUT2D eigenvalue weighted by Gasteiger charge is 2.26. The van der Waals surface area contributed by atoms with Crippen molar-refractivity contribution in [2.24, 2.45) is 0 Å². The summed E-state index contributed by atoms with van der Waals surface area (Å²) in [5.74, 6) is -1.03. The van der Waals surface area contributed by atoms with E-state index in [1.807, 2.05) is 0 Å². The molecule has 0 aliphatic carbocycles. The molecular formula is C13H9BBr2O5. The highest BCUT2D eigenvalue weighted by atomic mass is 79.9. The van der Waals surface area contributed by atoms with Gasteiger partial charge in [-0.2, -0.15) is 0 Å². The summed E-state index contributed by atoms with van der Waals surface area (Å²) in [5, 5.41) is 40.8. The van der Waals surface area contributed by atoms with Crippen molar-refractivity contribution in [2.45, 2.75) is 6.92 Å². The van der Waals surface area contributed by atoms with E-state index in [0.717, 1.165) is 0 Å². The first-order chi connectivity index (χ1) is 9.77. The first kappa shape index (κ1) is 14.4. The summed E-state index contributed by atoms with van der Waals surface area (Å²) >= 11 is 6.52. The van der Waals surface area contributed by atoms with Gasteiger partial charge in [0.1, 0.15) is 23.8 Å². The molecule has 108 valence electrons. The average Bonchev–Trinajstić information content (AvgIpc) is 2.87. The maximum atomic E-state index is 10.3. The predicted octanol–water partition coefficient (Wildman–Crippen LogP) is 2.50. The van der Waals surface area contributed by atoms with E-state index in [9.17, 15) is 20.4 Å². The minimum Gasteiger partial charge on any atom is -0.508 e. The van der Waals surface area contributed by atoms with E-state index < -0.39 is 0 Å². The van der Waals surface area contributed by atoms with Gasteiger partial charge in [-0.3, -0.25) is 0 Å². The zero-order valence-corrected chi connectivity index (χ0v) is 14.1. The molecule has 0 fully saturated rings. The van der Waals surface area contributed by atoms with E-state index >= 15 is 0 Å². The van der Waals surface area contributed by atoms with Gasteiger partial charge in [0, 0.05) is 5.56 Å². The molecule has 0 saturated carbocycles. The SMILES string of the molecule is Bc1c(O)c(Br)c2oc3c(Br)c(C)c(O)c(O)c3c2c1O. The Kier molecular flexibility index (Phi) is 3.07. The summed E-state index contributed by atoms with van der Waals surface area (Å²) in [6.45, 7) is 1.61. The minimum absolute atomic E-state index is 0.143. The predicted molar refractivity (Wildman–Crippen MR) is 88.7 cm³/mol.